The summed E-state index contributed by atoms with van der Waals surface area (Å²) < 4.78 is 38.2. The first-order valence-electron chi connectivity index (χ1n) is 2.53. The van der Waals surface area contributed by atoms with Crippen LogP contribution in [0.4, 0.5) is 13.2 Å². The zero-order valence-electron chi connectivity index (χ0n) is 5.20. The molecular formula is C5H6BrF3O. The van der Waals surface area contributed by atoms with Gasteiger partial charge in [-0.15, -0.1) is 0 Å². The number of rotatable bonds is 2. The summed E-state index contributed by atoms with van der Waals surface area (Å²) >= 11 is 2.31. The highest BCUT2D eigenvalue weighted by molar-refractivity contribution is 9.11. The summed E-state index contributed by atoms with van der Waals surface area (Å²) in [7, 11) is 0. The summed E-state index contributed by atoms with van der Waals surface area (Å²) in [4.78, 5) is 0. The Balaban J connectivity index is 3.93. The van der Waals surface area contributed by atoms with Crippen molar-refractivity contribution in [2.75, 3.05) is 6.61 Å². The van der Waals surface area contributed by atoms with Crippen molar-refractivity contribution < 1.29 is 17.9 Å². The Morgan fingerprint density at radius 3 is 2.40 bits per heavy atom. The van der Waals surface area contributed by atoms with Crippen molar-refractivity contribution in [3.8, 4) is 0 Å². The van der Waals surface area contributed by atoms with E-state index in [1.54, 1.807) is 6.92 Å². The van der Waals surface area contributed by atoms with Gasteiger partial charge in [0, 0.05) is 0 Å². The fourth-order valence-electron chi connectivity index (χ4n) is 0.223. The molecule has 0 aromatic carbocycles. The average Bonchev–Trinajstić information content (AvgIpc) is 1.80. The van der Waals surface area contributed by atoms with Gasteiger partial charge in [-0.25, -0.2) is 0 Å². The molecule has 5 heteroatoms. The summed E-state index contributed by atoms with van der Waals surface area (Å²) in [5.41, 5.74) is 0. The molecule has 0 saturated heterocycles. The lowest BCUT2D eigenvalue weighted by Crippen LogP contribution is -2.06. The highest BCUT2D eigenvalue weighted by Gasteiger charge is 2.32. The van der Waals surface area contributed by atoms with Gasteiger partial charge in [0.05, 0.1) is 6.61 Å². The van der Waals surface area contributed by atoms with Gasteiger partial charge in [0.1, 0.15) is 10.7 Å². The molecule has 0 unspecified atom stereocenters. The molecule has 0 radical (unpaired) electrons. The average molecular weight is 219 g/mol. The Hall–Kier alpha value is -0.190. The highest BCUT2D eigenvalue weighted by atomic mass is 79.9. The third kappa shape index (κ3) is 3.76. The third-order valence-corrected chi connectivity index (χ3v) is 1.26. The van der Waals surface area contributed by atoms with Gasteiger partial charge in [0.2, 0.25) is 0 Å². The maximum atomic E-state index is 11.6. The normalized spacial score (nSPS) is 13.5. The summed E-state index contributed by atoms with van der Waals surface area (Å²) in [6.45, 7) is 1.83. The molecule has 10 heavy (non-hydrogen) atoms. The van der Waals surface area contributed by atoms with Crippen LogP contribution >= 0.6 is 15.9 Å². The Kier molecular flexibility index (Phi) is 3.78. The summed E-state index contributed by atoms with van der Waals surface area (Å²) in [6.07, 6.45) is -3.70. The van der Waals surface area contributed by atoms with Crippen LogP contribution in [0.5, 0.6) is 0 Å². The lowest BCUT2D eigenvalue weighted by atomic mass is 10.6. The van der Waals surface area contributed by atoms with Crippen LogP contribution in [-0.4, -0.2) is 12.8 Å². The predicted molar refractivity (Wildman–Crippen MR) is 34.7 cm³/mol. The Morgan fingerprint density at radius 1 is 1.60 bits per heavy atom. The molecule has 0 aromatic rings. The van der Waals surface area contributed by atoms with Gasteiger partial charge in [-0.1, -0.05) is 0 Å². The summed E-state index contributed by atoms with van der Waals surface area (Å²) in [6, 6.07) is 0. The predicted octanol–water partition coefficient (Wildman–Crippen LogP) is 2.82. The summed E-state index contributed by atoms with van der Waals surface area (Å²) in [5, 5.41) is 0. The molecule has 0 aliphatic heterocycles. The van der Waals surface area contributed by atoms with Gasteiger partial charge >= 0.3 is 6.18 Å². The molecule has 0 heterocycles. The lowest BCUT2D eigenvalue weighted by Gasteiger charge is -2.03. The Morgan fingerprint density at radius 2 is 2.10 bits per heavy atom. The topological polar surface area (TPSA) is 9.23 Å². The molecule has 60 valence electrons. The number of allylic oxidation sites excluding steroid dienone is 1. The number of hydrogen-bond donors (Lipinski definition) is 0. The van der Waals surface area contributed by atoms with Crippen molar-refractivity contribution in [3.05, 3.63) is 10.7 Å². The molecule has 0 rings (SSSR count). The maximum absolute atomic E-state index is 11.6. The van der Waals surface area contributed by atoms with Crippen molar-refractivity contribution in [1.82, 2.24) is 0 Å². The number of ether oxygens (including phenoxy) is 1. The first-order valence-corrected chi connectivity index (χ1v) is 3.32. The van der Waals surface area contributed by atoms with E-state index in [1.165, 1.54) is 0 Å². The first-order chi connectivity index (χ1) is 4.48. The van der Waals surface area contributed by atoms with Gasteiger partial charge in [-0.3, -0.25) is 0 Å². The Labute approximate surface area is 65.0 Å². The molecule has 0 atom stereocenters. The van der Waals surface area contributed by atoms with Gasteiger partial charge in [0.25, 0.3) is 0 Å². The highest BCUT2D eigenvalue weighted by Crippen LogP contribution is 2.29. The summed E-state index contributed by atoms with van der Waals surface area (Å²) in [5.74, 6) is 0. The van der Waals surface area contributed by atoms with Gasteiger partial charge in [-0.05, 0) is 22.9 Å². The minimum Gasteiger partial charge on any atom is -0.500 e. The first kappa shape index (κ1) is 9.81. The number of hydrogen-bond acceptors (Lipinski definition) is 1. The zero-order valence-corrected chi connectivity index (χ0v) is 6.79. The van der Waals surface area contributed by atoms with Gasteiger partial charge < -0.3 is 4.74 Å². The van der Waals surface area contributed by atoms with Crippen LogP contribution in [0.2, 0.25) is 0 Å². The van der Waals surface area contributed by atoms with Crippen molar-refractivity contribution in [1.29, 1.82) is 0 Å². The zero-order chi connectivity index (χ0) is 8.20. The van der Waals surface area contributed by atoms with Crippen LogP contribution in [0.25, 0.3) is 0 Å². The van der Waals surface area contributed by atoms with E-state index in [2.05, 4.69) is 20.7 Å². The van der Waals surface area contributed by atoms with Crippen molar-refractivity contribution in [3.63, 3.8) is 0 Å². The molecule has 0 fully saturated rings. The molecule has 0 bridgehead atoms. The number of alkyl halides is 3. The van der Waals surface area contributed by atoms with E-state index >= 15 is 0 Å². The lowest BCUT2D eigenvalue weighted by molar-refractivity contribution is -0.0847. The van der Waals surface area contributed by atoms with Crippen molar-refractivity contribution in [2.45, 2.75) is 13.1 Å². The minimum absolute atomic E-state index is 0.227. The quantitative estimate of drug-likeness (QED) is 0.648. The van der Waals surface area contributed by atoms with Crippen LogP contribution in [0.1, 0.15) is 6.92 Å². The third-order valence-electron chi connectivity index (χ3n) is 0.624. The SMILES string of the molecule is CCO/C=C(\Br)C(F)(F)F. The Bertz CT molecular complexity index is 129. The fraction of sp³-hybridized carbons (Fsp3) is 0.600. The fourth-order valence-corrected chi connectivity index (χ4v) is 0.355. The molecule has 0 amide bonds. The van der Waals surface area contributed by atoms with E-state index in [9.17, 15) is 13.2 Å². The van der Waals surface area contributed by atoms with Crippen LogP contribution in [0, 0.1) is 0 Å². The van der Waals surface area contributed by atoms with E-state index < -0.39 is 10.7 Å². The van der Waals surface area contributed by atoms with Gasteiger partial charge in [0.15, 0.2) is 0 Å². The van der Waals surface area contributed by atoms with Gasteiger partial charge in [-0.2, -0.15) is 13.2 Å². The standard InChI is InChI=1S/C5H6BrF3O/c1-2-10-3-4(6)5(7,8)9/h3H,2H2,1H3/b4-3-. The molecular weight excluding hydrogens is 213 g/mol. The number of halogens is 4. The largest absolute Gasteiger partial charge is 0.500 e. The second-order valence-electron chi connectivity index (χ2n) is 1.42. The van der Waals surface area contributed by atoms with Crippen LogP contribution in [0.15, 0.2) is 10.7 Å². The van der Waals surface area contributed by atoms with E-state index in [0.717, 1.165) is 0 Å². The van der Waals surface area contributed by atoms with Crippen LogP contribution in [0.3, 0.4) is 0 Å². The molecule has 0 spiro atoms. The van der Waals surface area contributed by atoms with Crippen molar-refractivity contribution in [2.24, 2.45) is 0 Å². The second kappa shape index (κ2) is 3.85. The molecule has 0 aliphatic carbocycles. The molecule has 0 aliphatic rings. The second-order valence-corrected chi connectivity index (χ2v) is 2.27. The molecule has 0 saturated carbocycles. The van der Waals surface area contributed by atoms with Crippen molar-refractivity contribution >= 4 is 15.9 Å². The molecule has 1 nitrogen and oxygen atoms in total. The van der Waals surface area contributed by atoms with E-state index in [0.29, 0.717) is 6.26 Å². The van der Waals surface area contributed by atoms with Crippen LogP contribution in [-0.2, 0) is 4.74 Å². The maximum Gasteiger partial charge on any atom is 0.425 e. The van der Waals surface area contributed by atoms with E-state index in [-0.39, 0.29) is 6.61 Å². The van der Waals surface area contributed by atoms with E-state index in [1.807, 2.05) is 0 Å². The monoisotopic (exact) mass is 218 g/mol. The smallest absolute Gasteiger partial charge is 0.425 e. The molecule has 0 aromatic heterocycles. The minimum atomic E-state index is -4.34. The van der Waals surface area contributed by atoms with Crippen LogP contribution < -0.4 is 0 Å². The molecule has 0 N–H and O–H groups in total. The van der Waals surface area contributed by atoms with E-state index in [4.69, 9.17) is 0 Å².